The van der Waals surface area contributed by atoms with Crippen molar-refractivity contribution in [2.45, 2.75) is 23.5 Å². The zero-order valence-corrected chi connectivity index (χ0v) is 11.5. The molecule has 1 rings (SSSR count). The summed E-state index contributed by atoms with van der Waals surface area (Å²) >= 11 is 8.84. The first-order valence-corrected chi connectivity index (χ1v) is 7.04. The third-order valence-corrected chi connectivity index (χ3v) is 6.33. The van der Waals surface area contributed by atoms with E-state index in [9.17, 15) is 8.42 Å². The fourth-order valence-corrected chi connectivity index (χ4v) is 3.56. The zero-order chi connectivity index (χ0) is 11.7. The van der Waals surface area contributed by atoms with Gasteiger partial charge in [0.1, 0.15) is 0 Å². The Morgan fingerprint density at radius 1 is 1.53 bits per heavy atom. The standard InChI is InChI=1S/C9H11BrClNO2S/c1-9(2,6-11)15(13,14)8-3-4-12-5-7(8)10/h3-5H,6H2,1-2H3. The summed E-state index contributed by atoms with van der Waals surface area (Å²) in [5.74, 6) is 0.0457. The van der Waals surface area contributed by atoms with Crippen molar-refractivity contribution in [2.75, 3.05) is 5.88 Å². The summed E-state index contributed by atoms with van der Waals surface area (Å²) in [5, 5.41) is 0. The van der Waals surface area contributed by atoms with Crippen LogP contribution in [-0.2, 0) is 9.84 Å². The summed E-state index contributed by atoms with van der Waals surface area (Å²) in [6, 6.07) is 1.47. The Labute approximate surface area is 103 Å². The quantitative estimate of drug-likeness (QED) is 0.806. The lowest BCUT2D eigenvalue weighted by Crippen LogP contribution is -2.34. The highest BCUT2D eigenvalue weighted by Gasteiger charge is 2.36. The van der Waals surface area contributed by atoms with Gasteiger partial charge in [-0.05, 0) is 35.8 Å². The third-order valence-electron chi connectivity index (χ3n) is 2.07. The molecule has 1 heterocycles. The molecule has 0 radical (unpaired) electrons. The molecule has 0 aliphatic rings. The molecule has 0 saturated heterocycles. The highest BCUT2D eigenvalue weighted by molar-refractivity contribution is 9.10. The molecule has 1 aromatic rings. The van der Waals surface area contributed by atoms with Crippen molar-refractivity contribution in [1.29, 1.82) is 0 Å². The number of nitrogens with zero attached hydrogens (tertiary/aromatic N) is 1. The van der Waals surface area contributed by atoms with Crippen LogP contribution >= 0.6 is 27.5 Å². The predicted molar refractivity (Wildman–Crippen MR) is 63.9 cm³/mol. The minimum Gasteiger partial charge on any atom is -0.263 e. The van der Waals surface area contributed by atoms with E-state index in [1.165, 1.54) is 18.5 Å². The zero-order valence-electron chi connectivity index (χ0n) is 8.37. The fraction of sp³-hybridized carbons (Fsp3) is 0.444. The second-order valence-electron chi connectivity index (χ2n) is 3.70. The molecule has 3 nitrogen and oxygen atoms in total. The van der Waals surface area contributed by atoms with Gasteiger partial charge in [0, 0.05) is 18.3 Å². The van der Waals surface area contributed by atoms with Gasteiger partial charge in [-0.15, -0.1) is 11.6 Å². The van der Waals surface area contributed by atoms with Crippen LogP contribution in [0.25, 0.3) is 0 Å². The predicted octanol–water partition coefficient (Wildman–Crippen LogP) is 2.64. The Morgan fingerprint density at radius 2 is 2.13 bits per heavy atom. The van der Waals surface area contributed by atoms with Crippen LogP contribution in [0.15, 0.2) is 27.8 Å². The maximum Gasteiger partial charge on any atom is 0.185 e. The third kappa shape index (κ3) is 2.34. The van der Waals surface area contributed by atoms with E-state index in [0.29, 0.717) is 4.47 Å². The number of hydrogen-bond acceptors (Lipinski definition) is 3. The SMILES string of the molecule is CC(C)(CCl)S(=O)(=O)c1ccncc1Br. The van der Waals surface area contributed by atoms with Gasteiger partial charge in [-0.1, -0.05) is 0 Å². The van der Waals surface area contributed by atoms with Gasteiger partial charge in [0.25, 0.3) is 0 Å². The number of hydrogen-bond donors (Lipinski definition) is 0. The molecule has 0 unspecified atom stereocenters. The van der Waals surface area contributed by atoms with E-state index in [1.54, 1.807) is 13.8 Å². The van der Waals surface area contributed by atoms with Crippen LogP contribution in [0, 0.1) is 0 Å². The van der Waals surface area contributed by atoms with E-state index in [-0.39, 0.29) is 10.8 Å². The molecule has 0 amide bonds. The smallest absolute Gasteiger partial charge is 0.185 e. The molecule has 1 aromatic heterocycles. The average Bonchev–Trinajstić information content (AvgIpc) is 2.18. The van der Waals surface area contributed by atoms with Gasteiger partial charge in [0.2, 0.25) is 0 Å². The van der Waals surface area contributed by atoms with Gasteiger partial charge in [-0.2, -0.15) is 0 Å². The van der Waals surface area contributed by atoms with Crippen molar-refractivity contribution in [2.24, 2.45) is 0 Å². The van der Waals surface area contributed by atoms with E-state index in [1.807, 2.05) is 0 Å². The molecule has 0 fully saturated rings. The number of pyridine rings is 1. The molecule has 0 aliphatic carbocycles. The number of rotatable bonds is 3. The Hall–Kier alpha value is -0.130. The van der Waals surface area contributed by atoms with E-state index in [0.717, 1.165) is 0 Å². The Balaban J connectivity index is 3.37. The number of alkyl halides is 1. The van der Waals surface area contributed by atoms with Crippen LogP contribution in [0.2, 0.25) is 0 Å². The van der Waals surface area contributed by atoms with Crippen LogP contribution in [0.3, 0.4) is 0 Å². The Bertz CT molecular complexity index is 459. The van der Waals surface area contributed by atoms with Crippen LogP contribution < -0.4 is 0 Å². The Kier molecular flexibility index (Phi) is 3.79. The first-order valence-electron chi connectivity index (χ1n) is 4.23. The fourth-order valence-electron chi connectivity index (χ4n) is 0.950. The van der Waals surface area contributed by atoms with Crippen molar-refractivity contribution in [3.05, 3.63) is 22.9 Å². The molecule has 84 valence electrons. The average molecular weight is 313 g/mol. The maximum absolute atomic E-state index is 12.2. The number of halogens is 2. The molecular weight excluding hydrogens is 302 g/mol. The monoisotopic (exact) mass is 311 g/mol. The highest BCUT2D eigenvalue weighted by atomic mass is 79.9. The second kappa shape index (κ2) is 4.39. The summed E-state index contributed by atoms with van der Waals surface area (Å²) in [6.07, 6.45) is 2.90. The van der Waals surface area contributed by atoms with Gasteiger partial charge in [-0.25, -0.2) is 8.42 Å². The first-order chi connectivity index (χ1) is 6.83. The van der Waals surface area contributed by atoms with Gasteiger partial charge in [0.05, 0.1) is 14.1 Å². The molecule has 0 saturated carbocycles. The number of sulfone groups is 1. The lowest BCUT2D eigenvalue weighted by atomic mass is 10.2. The summed E-state index contributed by atoms with van der Waals surface area (Å²) < 4.78 is 23.8. The van der Waals surface area contributed by atoms with Crippen LogP contribution in [-0.4, -0.2) is 24.0 Å². The minimum absolute atomic E-state index is 0.0457. The topological polar surface area (TPSA) is 47.0 Å². The Morgan fingerprint density at radius 3 is 2.60 bits per heavy atom. The van der Waals surface area contributed by atoms with Crippen LogP contribution in [0.5, 0.6) is 0 Å². The summed E-state index contributed by atoms with van der Waals surface area (Å²) in [5.41, 5.74) is 0. The van der Waals surface area contributed by atoms with E-state index < -0.39 is 14.6 Å². The maximum atomic E-state index is 12.2. The summed E-state index contributed by atoms with van der Waals surface area (Å²) in [4.78, 5) is 4.05. The van der Waals surface area contributed by atoms with Crippen molar-refractivity contribution in [3.63, 3.8) is 0 Å². The molecule has 0 atom stereocenters. The molecule has 0 spiro atoms. The highest BCUT2D eigenvalue weighted by Crippen LogP contribution is 2.30. The summed E-state index contributed by atoms with van der Waals surface area (Å²) in [7, 11) is -3.44. The molecule has 6 heteroatoms. The minimum atomic E-state index is -3.44. The van der Waals surface area contributed by atoms with Crippen LogP contribution in [0.1, 0.15) is 13.8 Å². The van der Waals surface area contributed by atoms with Crippen LogP contribution in [0.4, 0.5) is 0 Å². The van der Waals surface area contributed by atoms with Crippen molar-refractivity contribution in [1.82, 2.24) is 4.98 Å². The molecular formula is C9H11BrClNO2S. The van der Waals surface area contributed by atoms with Crippen molar-refractivity contribution >= 4 is 37.4 Å². The lowest BCUT2D eigenvalue weighted by molar-refractivity contribution is 0.561. The van der Waals surface area contributed by atoms with Gasteiger partial charge in [-0.3, -0.25) is 4.98 Å². The largest absolute Gasteiger partial charge is 0.263 e. The molecule has 0 bridgehead atoms. The molecule has 0 N–H and O–H groups in total. The normalized spacial score (nSPS) is 12.8. The molecule has 0 aliphatic heterocycles. The number of aromatic nitrogens is 1. The van der Waals surface area contributed by atoms with Crippen molar-refractivity contribution < 1.29 is 8.42 Å². The van der Waals surface area contributed by atoms with E-state index in [4.69, 9.17) is 11.6 Å². The van der Waals surface area contributed by atoms with Gasteiger partial charge in [0.15, 0.2) is 9.84 Å². The second-order valence-corrected chi connectivity index (χ2v) is 7.38. The van der Waals surface area contributed by atoms with E-state index in [2.05, 4.69) is 20.9 Å². The first kappa shape index (κ1) is 12.9. The summed E-state index contributed by atoms with van der Waals surface area (Å²) in [6.45, 7) is 3.20. The van der Waals surface area contributed by atoms with Gasteiger partial charge >= 0.3 is 0 Å². The lowest BCUT2D eigenvalue weighted by Gasteiger charge is -2.22. The molecule has 15 heavy (non-hydrogen) atoms. The molecule has 0 aromatic carbocycles. The van der Waals surface area contributed by atoms with E-state index >= 15 is 0 Å². The van der Waals surface area contributed by atoms with Crippen molar-refractivity contribution in [3.8, 4) is 0 Å². The van der Waals surface area contributed by atoms with Gasteiger partial charge < -0.3 is 0 Å².